The lowest BCUT2D eigenvalue weighted by molar-refractivity contribution is -0.135. The van der Waals surface area contributed by atoms with E-state index in [9.17, 15) is 9.18 Å². The van der Waals surface area contributed by atoms with Gasteiger partial charge in [-0.05, 0) is 49.5 Å². The summed E-state index contributed by atoms with van der Waals surface area (Å²) in [6.45, 7) is 13.1. The summed E-state index contributed by atoms with van der Waals surface area (Å²) in [6.07, 6.45) is 7.43. The molecule has 0 bridgehead atoms. The molecule has 0 radical (unpaired) electrons. The highest BCUT2D eigenvalue weighted by molar-refractivity contribution is 6.01. The van der Waals surface area contributed by atoms with Crippen LogP contribution < -0.4 is 5.43 Å². The van der Waals surface area contributed by atoms with Crippen LogP contribution in [-0.4, -0.2) is 54.1 Å². The van der Waals surface area contributed by atoms with Gasteiger partial charge in [0, 0.05) is 38.0 Å². The first kappa shape index (κ1) is 26.0. The summed E-state index contributed by atoms with van der Waals surface area (Å²) in [5, 5.41) is 13.5. The second-order valence-corrected chi connectivity index (χ2v) is 6.87. The molecule has 1 aromatic rings. The summed E-state index contributed by atoms with van der Waals surface area (Å²) in [5.74, 6) is -0.113. The first-order valence-electron chi connectivity index (χ1n) is 10.3. The third kappa shape index (κ3) is 9.09. The average molecular weight is 429 g/mol. The van der Waals surface area contributed by atoms with E-state index in [0.717, 1.165) is 29.8 Å². The van der Waals surface area contributed by atoms with Crippen molar-refractivity contribution in [2.45, 2.75) is 26.2 Å². The van der Waals surface area contributed by atoms with Gasteiger partial charge >= 0.3 is 0 Å². The maximum absolute atomic E-state index is 13.3. The van der Waals surface area contributed by atoms with Gasteiger partial charge in [0.15, 0.2) is 0 Å². The van der Waals surface area contributed by atoms with Crippen LogP contribution in [-0.2, 0) is 4.79 Å². The fourth-order valence-electron chi connectivity index (χ4n) is 3.23. The molecule has 2 N–H and O–H groups in total. The van der Waals surface area contributed by atoms with Crippen molar-refractivity contribution in [2.24, 2.45) is 16.0 Å². The number of aliphatic hydroxyl groups excluding tert-OH is 1. The van der Waals surface area contributed by atoms with Crippen molar-refractivity contribution in [2.75, 3.05) is 26.2 Å². The Morgan fingerprint density at radius 2 is 1.94 bits per heavy atom. The largest absolute Gasteiger partial charge is 0.387 e. The molecule has 0 spiro atoms. The number of hydrazone groups is 1. The van der Waals surface area contributed by atoms with Crippen LogP contribution in [0.3, 0.4) is 0 Å². The number of halogens is 1. The zero-order chi connectivity index (χ0) is 23.1. The highest BCUT2D eigenvalue weighted by Crippen LogP contribution is 2.17. The summed E-state index contributed by atoms with van der Waals surface area (Å²) in [6, 6.07) is 6.24. The van der Waals surface area contributed by atoms with Crippen molar-refractivity contribution in [3.63, 3.8) is 0 Å². The summed E-state index contributed by atoms with van der Waals surface area (Å²) >= 11 is 0. The van der Waals surface area contributed by atoms with E-state index in [1.165, 1.54) is 12.1 Å². The average Bonchev–Trinajstić information content (AvgIpc) is 2.80. The van der Waals surface area contributed by atoms with E-state index in [2.05, 4.69) is 35.3 Å². The Hall–Kier alpha value is -3.06. The fourth-order valence-corrected chi connectivity index (χ4v) is 3.23. The molecular formula is C24H33FN4O2. The number of benzene rings is 1. The number of carbonyl (C=O) groups excluding carboxylic acids is 1. The molecule has 1 saturated heterocycles. The first-order chi connectivity index (χ1) is 15.1. The monoisotopic (exact) mass is 428 g/mol. The lowest BCUT2D eigenvalue weighted by Gasteiger charge is -2.31. The summed E-state index contributed by atoms with van der Waals surface area (Å²) in [5.41, 5.74) is 5.54. The number of carbonyl (C=O) groups is 1. The number of nitrogens with one attached hydrogen (secondary N) is 1. The molecule has 31 heavy (non-hydrogen) atoms. The maximum Gasteiger partial charge on any atom is 0.248 e. The van der Waals surface area contributed by atoms with Crippen LogP contribution in [0.2, 0.25) is 0 Å². The molecule has 1 fully saturated rings. The normalized spacial score (nSPS) is 15.4. The number of likely N-dealkylation sites (tertiary alicyclic amines) is 1. The zero-order valence-electron chi connectivity index (χ0n) is 18.3. The number of nitrogens with zero attached hydrogens (tertiary/aromatic N) is 3. The van der Waals surface area contributed by atoms with Gasteiger partial charge in [-0.25, -0.2) is 4.39 Å². The molecule has 0 unspecified atom stereocenters. The maximum atomic E-state index is 13.3. The molecule has 0 saturated carbocycles. The molecule has 7 heteroatoms. The van der Waals surface area contributed by atoms with Gasteiger partial charge in [0.2, 0.25) is 5.91 Å². The van der Waals surface area contributed by atoms with Crippen LogP contribution in [0.25, 0.3) is 0 Å². The molecule has 0 atom stereocenters. The van der Waals surface area contributed by atoms with E-state index < -0.39 is 6.61 Å². The smallest absolute Gasteiger partial charge is 0.248 e. The van der Waals surface area contributed by atoms with Gasteiger partial charge in [0.05, 0.1) is 5.71 Å². The van der Waals surface area contributed by atoms with Gasteiger partial charge in [-0.3, -0.25) is 9.79 Å². The van der Waals surface area contributed by atoms with Crippen molar-refractivity contribution >= 4 is 17.8 Å². The Morgan fingerprint density at radius 1 is 1.29 bits per heavy atom. The van der Waals surface area contributed by atoms with Crippen LogP contribution in [0.1, 0.15) is 31.7 Å². The Labute approximate surface area is 184 Å². The van der Waals surface area contributed by atoms with E-state index in [1.54, 1.807) is 29.3 Å². The molecule has 0 aromatic heterocycles. The highest BCUT2D eigenvalue weighted by Gasteiger charge is 2.22. The van der Waals surface area contributed by atoms with E-state index in [4.69, 9.17) is 5.11 Å². The zero-order valence-corrected chi connectivity index (χ0v) is 18.3. The van der Waals surface area contributed by atoms with E-state index in [1.807, 2.05) is 13.0 Å². The lowest BCUT2D eigenvalue weighted by atomic mass is 9.97. The van der Waals surface area contributed by atoms with Crippen LogP contribution in [0, 0.1) is 11.7 Å². The molecule has 1 aromatic carbocycles. The number of aliphatic hydroxyl groups is 1. The molecule has 6 nitrogen and oxygen atoms in total. The number of hydrogen-bond acceptors (Lipinski definition) is 5. The Kier molecular flexibility index (Phi) is 12.4. The van der Waals surface area contributed by atoms with Crippen LogP contribution >= 0.6 is 0 Å². The molecular weight excluding hydrogens is 395 g/mol. The number of piperidine rings is 1. The third-order valence-corrected chi connectivity index (χ3v) is 4.83. The minimum Gasteiger partial charge on any atom is -0.387 e. The SMILES string of the molecule is C=C.C=C/C=C(/C/C(=N\NCC1CCN(C(=O)CO)CC1)c1ccc(F)cc1)N=CC. The second-order valence-electron chi connectivity index (χ2n) is 6.87. The molecule has 0 aliphatic carbocycles. The van der Waals surface area contributed by atoms with Crippen LogP contribution in [0.15, 0.2) is 71.9 Å². The van der Waals surface area contributed by atoms with Gasteiger partial charge in [0.25, 0.3) is 0 Å². The quantitative estimate of drug-likeness (QED) is 0.272. The van der Waals surface area contributed by atoms with Crippen molar-refractivity contribution < 1.29 is 14.3 Å². The van der Waals surface area contributed by atoms with Crippen LogP contribution in [0.4, 0.5) is 4.39 Å². The van der Waals surface area contributed by atoms with Gasteiger partial charge in [-0.1, -0.05) is 24.8 Å². The summed E-state index contributed by atoms with van der Waals surface area (Å²) in [7, 11) is 0. The van der Waals surface area contributed by atoms with Crippen molar-refractivity contribution in [3.8, 4) is 0 Å². The van der Waals surface area contributed by atoms with Crippen LogP contribution in [0.5, 0.6) is 0 Å². The topological polar surface area (TPSA) is 77.3 Å². The summed E-state index contributed by atoms with van der Waals surface area (Å²) < 4.78 is 13.3. The Balaban J connectivity index is 0.00000233. The number of rotatable bonds is 9. The molecule has 2 rings (SSSR count). The lowest BCUT2D eigenvalue weighted by Crippen LogP contribution is -2.41. The predicted molar refractivity (Wildman–Crippen MR) is 126 cm³/mol. The number of aliphatic imine (C=N–C) groups is 1. The minimum atomic E-state index is -0.435. The van der Waals surface area contributed by atoms with Gasteiger partial charge in [0.1, 0.15) is 12.4 Å². The minimum absolute atomic E-state index is 0.217. The fraction of sp³-hybridized carbons (Fsp3) is 0.375. The van der Waals surface area contributed by atoms with Crippen molar-refractivity contribution in [3.05, 3.63) is 73.2 Å². The molecule has 1 aliphatic heterocycles. The standard InChI is InChI=1S/C22H29FN4O2.C2H4/c1-3-5-20(24-4-2)14-21(18-6-8-19(23)9-7-18)26-25-15-17-10-12-27(13-11-17)22(29)16-28;1-2/h3-9,17,25,28H,1,10-16H2,2H3;1-2H2/b20-5-,24-4?,26-21+;. The molecule has 1 aliphatic rings. The van der Waals surface area contributed by atoms with E-state index in [-0.39, 0.29) is 11.7 Å². The first-order valence-corrected chi connectivity index (χ1v) is 10.3. The highest BCUT2D eigenvalue weighted by atomic mass is 19.1. The number of allylic oxidation sites excluding steroid dienone is 3. The second kappa shape index (κ2) is 14.8. The van der Waals surface area contributed by atoms with Crippen molar-refractivity contribution in [1.29, 1.82) is 0 Å². The van der Waals surface area contributed by atoms with E-state index in [0.29, 0.717) is 32.0 Å². The third-order valence-electron chi connectivity index (χ3n) is 4.83. The molecule has 168 valence electrons. The summed E-state index contributed by atoms with van der Waals surface area (Å²) in [4.78, 5) is 17.6. The Morgan fingerprint density at radius 3 is 2.48 bits per heavy atom. The van der Waals surface area contributed by atoms with Crippen molar-refractivity contribution in [1.82, 2.24) is 10.3 Å². The Bertz CT molecular complexity index is 779. The number of hydrogen-bond donors (Lipinski definition) is 2. The van der Waals surface area contributed by atoms with Gasteiger partial charge in [-0.15, -0.1) is 13.2 Å². The molecule has 1 heterocycles. The predicted octanol–water partition coefficient (Wildman–Crippen LogP) is 3.70. The van der Waals surface area contributed by atoms with E-state index >= 15 is 0 Å². The van der Waals surface area contributed by atoms with Gasteiger partial charge < -0.3 is 15.4 Å². The number of amides is 1. The van der Waals surface area contributed by atoms with Gasteiger partial charge in [-0.2, -0.15) is 5.10 Å². The molecule has 1 amide bonds.